The van der Waals surface area contributed by atoms with E-state index in [0.29, 0.717) is 6.54 Å². The Balaban J connectivity index is 1.97. The Morgan fingerprint density at radius 3 is 3.29 bits per heavy atom. The first kappa shape index (κ1) is 10.6. The van der Waals surface area contributed by atoms with E-state index >= 15 is 0 Å². The molecule has 2 aromatic heterocycles. The zero-order chi connectivity index (χ0) is 11.7. The van der Waals surface area contributed by atoms with Gasteiger partial charge in [0.25, 0.3) is 0 Å². The summed E-state index contributed by atoms with van der Waals surface area (Å²) < 4.78 is 7.33. The summed E-state index contributed by atoms with van der Waals surface area (Å²) in [6.07, 6.45) is 3.58. The zero-order valence-electron chi connectivity index (χ0n) is 9.47. The lowest BCUT2D eigenvalue weighted by atomic mass is 9.94. The third-order valence-electron chi connectivity index (χ3n) is 3.20. The first-order valence-electron chi connectivity index (χ1n) is 5.79. The van der Waals surface area contributed by atoms with Crippen LogP contribution in [0, 0.1) is 0 Å². The van der Waals surface area contributed by atoms with E-state index in [4.69, 9.17) is 9.52 Å². The molecule has 0 saturated carbocycles. The molecule has 2 N–H and O–H groups in total. The average molecular weight is 233 g/mol. The summed E-state index contributed by atoms with van der Waals surface area (Å²) in [6, 6.07) is 3.90. The summed E-state index contributed by atoms with van der Waals surface area (Å²) in [5.74, 6) is 1.18. The van der Waals surface area contributed by atoms with Crippen molar-refractivity contribution in [3.05, 3.63) is 41.6 Å². The molecule has 1 aliphatic rings. The molecule has 0 amide bonds. The minimum absolute atomic E-state index is 0.111. The van der Waals surface area contributed by atoms with Crippen molar-refractivity contribution in [1.29, 1.82) is 0 Å². The van der Waals surface area contributed by atoms with Gasteiger partial charge in [-0.25, -0.2) is 0 Å². The Hall–Kier alpha value is -1.59. The largest absolute Gasteiger partial charge is 0.469 e. The topological polar surface area (TPSA) is 63.2 Å². The van der Waals surface area contributed by atoms with E-state index < -0.39 is 0 Å². The van der Waals surface area contributed by atoms with Gasteiger partial charge in [-0.2, -0.15) is 5.10 Å². The molecule has 0 spiro atoms. The number of aliphatic hydroxyl groups excluding tert-OH is 1. The van der Waals surface area contributed by atoms with Gasteiger partial charge in [-0.1, -0.05) is 0 Å². The molecule has 5 nitrogen and oxygen atoms in total. The number of rotatable bonds is 3. The second-order valence-electron chi connectivity index (χ2n) is 4.19. The van der Waals surface area contributed by atoms with Gasteiger partial charge in [0, 0.05) is 18.7 Å². The standard InChI is InChI=1S/C12H15N3O2/c16-4-3-15-11-8-13-6-10(9(11)7-14-15)12-2-1-5-17-12/h1-2,5,7,10,13,16H,3-4,6,8H2. The fourth-order valence-electron chi connectivity index (χ4n) is 2.39. The molecule has 0 bridgehead atoms. The summed E-state index contributed by atoms with van der Waals surface area (Å²) in [5, 5.41) is 16.7. The highest BCUT2D eigenvalue weighted by molar-refractivity contribution is 5.32. The molecule has 3 rings (SSSR count). The van der Waals surface area contributed by atoms with Crippen molar-refractivity contribution in [3.8, 4) is 0 Å². The van der Waals surface area contributed by atoms with Gasteiger partial charge in [0.15, 0.2) is 0 Å². The minimum atomic E-state index is 0.111. The monoisotopic (exact) mass is 233 g/mol. The van der Waals surface area contributed by atoms with Crippen molar-refractivity contribution in [2.75, 3.05) is 13.2 Å². The van der Waals surface area contributed by atoms with Crippen LogP contribution in [0.3, 0.4) is 0 Å². The number of furan rings is 1. The Morgan fingerprint density at radius 2 is 2.53 bits per heavy atom. The van der Waals surface area contributed by atoms with Crippen molar-refractivity contribution in [1.82, 2.24) is 15.1 Å². The van der Waals surface area contributed by atoms with Crippen molar-refractivity contribution in [2.24, 2.45) is 0 Å². The van der Waals surface area contributed by atoms with E-state index in [1.54, 1.807) is 6.26 Å². The van der Waals surface area contributed by atoms with Crippen molar-refractivity contribution in [3.63, 3.8) is 0 Å². The predicted molar refractivity (Wildman–Crippen MR) is 61.6 cm³/mol. The second kappa shape index (κ2) is 4.35. The quantitative estimate of drug-likeness (QED) is 0.819. The first-order valence-corrected chi connectivity index (χ1v) is 5.79. The second-order valence-corrected chi connectivity index (χ2v) is 4.19. The molecule has 1 aliphatic heterocycles. The Kier molecular flexibility index (Phi) is 2.70. The lowest BCUT2D eigenvalue weighted by Gasteiger charge is -2.22. The summed E-state index contributed by atoms with van der Waals surface area (Å²) >= 11 is 0. The maximum absolute atomic E-state index is 8.99. The van der Waals surface area contributed by atoms with E-state index in [1.807, 2.05) is 23.0 Å². The maximum Gasteiger partial charge on any atom is 0.112 e. The van der Waals surface area contributed by atoms with Gasteiger partial charge in [-0.3, -0.25) is 4.68 Å². The van der Waals surface area contributed by atoms with Gasteiger partial charge in [0.05, 0.1) is 37.2 Å². The molecule has 5 heteroatoms. The van der Waals surface area contributed by atoms with Gasteiger partial charge >= 0.3 is 0 Å². The number of hydrogen-bond donors (Lipinski definition) is 2. The fourth-order valence-corrected chi connectivity index (χ4v) is 2.39. The van der Waals surface area contributed by atoms with E-state index in [0.717, 1.165) is 24.5 Å². The number of aromatic nitrogens is 2. The molecule has 0 fully saturated rings. The first-order chi connectivity index (χ1) is 8.40. The van der Waals surface area contributed by atoms with E-state index in [2.05, 4.69) is 10.4 Å². The van der Waals surface area contributed by atoms with E-state index in [9.17, 15) is 0 Å². The van der Waals surface area contributed by atoms with Gasteiger partial charge < -0.3 is 14.8 Å². The molecule has 1 atom stereocenters. The summed E-state index contributed by atoms with van der Waals surface area (Å²) in [7, 11) is 0. The lowest BCUT2D eigenvalue weighted by molar-refractivity contribution is 0.266. The lowest BCUT2D eigenvalue weighted by Crippen LogP contribution is -2.29. The van der Waals surface area contributed by atoms with Crippen LogP contribution in [0.5, 0.6) is 0 Å². The Bertz CT molecular complexity index is 490. The Morgan fingerprint density at radius 1 is 1.59 bits per heavy atom. The molecule has 90 valence electrons. The molecule has 2 aromatic rings. The number of fused-ring (bicyclic) bond motifs is 1. The van der Waals surface area contributed by atoms with Crippen LogP contribution >= 0.6 is 0 Å². The van der Waals surface area contributed by atoms with Gasteiger partial charge in [0.2, 0.25) is 0 Å². The summed E-state index contributed by atoms with van der Waals surface area (Å²) in [6.45, 7) is 2.32. The predicted octanol–water partition coefficient (Wildman–Crippen LogP) is 0.703. The average Bonchev–Trinajstić information content (AvgIpc) is 2.98. The van der Waals surface area contributed by atoms with Gasteiger partial charge in [0.1, 0.15) is 5.76 Å². The molecule has 17 heavy (non-hydrogen) atoms. The normalized spacial score (nSPS) is 19.2. The number of aliphatic hydroxyl groups is 1. The Labute approximate surface area is 99.1 Å². The third-order valence-corrected chi connectivity index (χ3v) is 3.20. The van der Waals surface area contributed by atoms with Crippen LogP contribution in [-0.4, -0.2) is 28.0 Å². The van der Waals surface area contributed by atoms with Crippen LogP contribution in [0.25, 0.3) is 0 Å². The van der Waals surface area contributed by atoms with Gasteiger partial charge in [-0.05, 0) is 12.1 Å². The highest BCUT2D eigenvalue weighted by Crippen LogP contribution is 2.30. The zero-order valence-corrected chi connectivity index (χ0v) is 9.47. The number of nitrogens with one attached hydrogen (secondary N) is 1. The molecule has 0 aliphatic carbocycles. The highest BCUT2D eigenvalue weighted by atomic mass is 16.3. The molecule has 3 heterocycles. The van der Waals surface area contributed by atoms with E-state index in [1.165, 1.54) is 5.56 Å². The van der Waals surface area contributed by atoms with Gasteiger partial charge in [-0.15, -0.1) is 0 Å². The van der Waals surface area contributed by atoms with Crippen molar-refractivity contribution >= 4 is 0 Å². The smallest absolute Gasteiger partial charge is 0.112 e. The van der Waals surface area contributed by atoms with Crippen LogP contribution in [0.2, 0.25) is 0 Å². The summed E-state index contributed by atoms with van der Waals surface area (Å²) in [4.78, 5) is 0. The van der Waals surface area contributed by atoms with E-state index in [-0.39, 0.29) is 12.5 Å². The molecular formula is C12H15N3O2. The van der Waals surface area contributed by atoms with Crippen molar-refractivity contribution < 1.29 is 9.52 Å². The molecule has 0 saturated heterocycles. The molecule has 0 aromatic carbocycles. The third kappa shape index (κ3) is 1.77. The SMILES string of the molecule is OCCn1ncc2c1CNCC2c1ccco1. The highest BCUT2D eigenvalue weighted by Gasteiger charge is 2.26. The van der Waals surface area contributed by atoms with Crippen molar-refractivity contribution in [2.45, 2.75) is 19.0 Å². The molecule has 0 radical (unpaired) electrons. The minimum Gasteiger partial charge on any atom is -0.469 e. The number of nitrogens with zero attached hydrogens (tertiary/aromatic N) is 2. The molecule has 1 unspecified atom stereocenters. The van der Waals surface area contributed by atoms with Crippen LogP contribution in [0.1, 0.15) is 22.9 Å². The van der Waals surface area contributed by atoms with Crippen LogP contribution in [0.15, 0.2) is 29.0 Å². The van der Waals surface area contributed by atoms with Crippen LogP contribution < -0.4 is 5.32 Å². The van der Waals surface area contributed by atoms with Crippen LogP contribution in [0.4, 0.5) is 0 Å². The van der Waals surface area contributed by atoms with Crippen LogP contribution in [-0.2, 0) is 13.1 Å². The summed E-state index contributed by atoms with van der Waals surface area (Å²) in [5.41, 5.74) is 2.35. The number of hydrogen-bond acceptors (Lipinski definition) is 4. The fraction of sp³-hybridized carbons (Fsp3) is 0.417. The maximum atomic E-state index is 8.99. The molecular weight excluding hydrogens is 218 g/mol.